The van der Waals surface area contributed by atoms with Crippen LogP contribution in [0.5, 0.6) is 5.75 Å². The van der Waals surface area contributed by atoms with Crippen molar-refractivity contribution in [2.24, 2.45) is 0 Å². The first-order valence-electron chi connectivity index (χ1n) is 6.94. The minimum absolute atomic E-state index is 0.0710. The van der Waals surface area contributed by atoms with Gasteiger partial charge < -0.3 is 15.0 Å². The van der Waals surface area contributed by atoms with Crippen molar-refractivity contribution in [2.75, 3.05) is 20.1 Å². The molecule has 1 unspecified atom stereocenters. The van der Waals surface area contributed by atoms with E-state index in [1.807, 2.05) is 26.1 Å². The van der Waals surface area contributed by atoms with Crippen molar-refractivity contribution in [2.45, 2.75) is 32.9 Å². The van der Waals surface area contributed by atoms with E-state index in [-0.39, 0.29) is 12.0 Å². The predicted octanol–water partition coefficient (Wildman–Crippen LogP) is 2.48. The lowest BCUT2D eigenvalue weighted by Gasteiger charge is -2.19. The number of rotatable bonds is 5. The maximum Gasteiger partial charge on any atom is 0.263 e. The Balaban J connectivity index is 2.23. The Morgan fingerprint density at radius 1 is 1.50 bits per heavy atom. The molecule has 110 valence electrons. The summed E-state index contributed by atoms with van der Waals surface area (Å²) in [6, 6.07) is 4.07. The van der Waals surface area contributed by atoms with E-state index in [2.05, 4.69) is 28.2 Å². The summed E-state index contributed by atoms with van der Waals surface area (Å²) in [5.74, 6) is 0.907. The zero-order valence-corrected chi connectivity index (χ0v) is 13.8. The summed E-state index contributed by atoms with van der Waals surface area (Å²) in [5, 5.41) is 3.31. The predicted molar refractivity (Wildman–Crippen MR) is 82.9 cm³/mol. The maximum atomic E-state index is 12.0. The fraction of sp³-hybridized carbons (Fsp3) is 0.533. The first-order chi connectivity index (χ1) is 9.52. The molecule has 1 saturated heterocycles. The van der Waals surface area contributed by atoms with Crippen LogP contribution >= 0.6 is 15.9 Å². The highest BCUT2D eigenvalue weighted by atomic mass is 79.9. The molecule has 1 aromatic carbocycles. The number of amides is 1. The molecule has 1 amide bonds. The molecule has 0 aromatic heterocycles. The molecule has 20 heavy (non-hydrogen) atoms. The van der Waals surface area contributed by atoms with Crippen LogP contribution in [0.3, 0.4) is 0 Å². The van der Waals surface area contributed by atoms with Crippen molar-refractivity contribution < 1.29 is 9.53 Å². The Kier molecular flexibility index (Phi) is 5.05. The molecule has 1 N–H and O–H groups in total. The molecule has 0 bridgehead atoms. The van der Waals surface area contributed by atoms with Gasteiger partial charge in [0.25, 0.3) is 5.91 Å². The molecular weight excluding hydrogens is 320 g/mol. The van der Waals surface area contributed by atoms with E-state index in [0.717, 1.165) is 47.4 Å². The Morgan fingerprint density at radius 2 is 2.25 bits per heavy atom. The average Bonchev–Trinajstić information content (AvgIpc) is 2.71. The van der Waals surface area contributed by atoms with Crippen LogP contribution < -0.4 is 10.1 Å². The molecule has 1 fully saturated rings. The van der Waals surface area contributed by atoms with Crippen LogP contribution in [0.15, 0.2) is 16.6 Å². The maximum absolute atomic E-state index is 12.0. The van der Waals surface area contributed by atoms with Gasteiger partial charge in [0, 0.05) is 36.6 Å². The Hall–Kier alpha value is -1.07. The van der Waals surface area contributed by atoms with Crippen LogP contribution in [-0.4, -0.2) is 37.0 Å². The van der Waals surface area contributed by atoms with E-state index in [1.165, 1.54) is 0 Å². The lowest BCUT2D eigenvalue weighted by atomic mass is 10.1. The van der Waals surface area contributed by atoms with Crippen LogP contribution in [0, 0.1) is 6.92 Å². The molecular formula is C15H21BrN2O2. The SMILES string of the molecule is CCNCc1cc(Br)cc(C)c1OC1CCN(C)C1=O. The number of nitrogens with one attached hydrogen (secondary N) is 1. The van der Waals surface area contributed by atoms with Crippen LogP contribution in [0.2, 0.25) is 0 Å². The molecule has 0 radical (unpaired) electrons. The summed E-state index contributed by atoms with van der Waals surface area (Å²) in [7, 11) is 1.82. The molecule has 0 aliphatic carbocycles. The number of halogens is 1. The third-order valence-electron chi connectivity index (χ3n) is 3.52. The van der Waals surface area contributed by atoms with Gasteiger partial charge in [0.1, 0.15) is 5.75 Å². The molecule has 1 aliphatic heterocycles. The van der Waals surface area contributed by atoms with Gasteiger partial charge in [-0.05, 0) is 31.2 Å². The van der Waals surface area contributed by atoms with Crippen LogP contribution in [-0.2, 0) is 11.3 Å². The van der Waals surface area contributed by atoms with Gasteiger partial charge in [-0.1, -0.05) is 22.9 Å². The zero-order chi connectivity index (χ0) is 14.7. The fourth-order valence-corrected chi connectivity index (χ4v) is 3.02. The van der Waals surface area contributed by atoms with Gasteiger partial charge >= 0.3 is 0 Å². The third kappa shape index (κ3) is 3.33. The van der Waals surface area contributed by atoms with E-state index < -0.39 is 0 Å². The summed E-state index contributed by atoms with van der Waals surface area (Å²) in [6.45, 7) is 6.49. The van der Waals surface area contributed by atoms with Crippen molar-refractivity contribution in [1.82, 2.24) is 10.2 Å². The van der Waals surface area contributed by atoms with Crippen molar-refractivity contribution in [3.05, 3.63) is 27.7 Å². The van der Waals surface area contributed by atoms with E-state index in [0.29, 0.717) is 0 Å². The number of likely N-dealkylation sites (N-methyl/N-ethyl adjacent to an activating group) is 1. The Bertz CT molecular complexity index is 505. The number of ether oxygens (including phenoxy) is 1. The number of nitrogens with zero attached hydrogens (tertiary/aromatic N) is 1. The number of carbonyl (C=O) groups excluding carboxylic acids is 1. The highest BCUT2D eigenvalue weighted by Gasteiger charge is 2.31. The van der Waals surface area contributed by atoms with Gasteiger partial charge in [0.05, 0.1) is 0 Å². The van der Waals surface area contributed by atoms with Gasteiger partial charge in [0.2, 0.25) is 0 Å². The average molecular weight is 341 g/mol. The normalized spacial score (nSPS) is 18.7. The lowest BCUT2D eigenvalue weighted by molar-refractivity contribution is -0.132. The molecule has 5 heteroatoms. The smallest absolute Gasteiger partial charge is 0.263 e. The monoisotopic (exact) mass is 340 g/mol. The number of aryl methyl sites for hydroxylation is 1. The molecule has 1 heterocycles. The molecule has 2 rings (SSSR count). The van der Waals surface area contributed by atoms with Crippen molar-refractivity contribution in [3.8, 4) is 5.75 Å². The summed E-state index contributed by atoms with van der Waals surface area (Å²) in [4.78, 5) is 13.7. The summed E-state index contributed by atoms with van der Waals surface area (Å²) in [5.41, 5.74) is 2.13. The van der Waals surface area contributed by atoms with Crippen LogP contribution in [0.1, 0.15) is 24.5 Å². The zero-order valence-electron chi connectivity index (χ0n) is 12.2. The minimum atomic E-state index is -0.347. The highest BCUT2D eigenvalue weighted by Crippen LogP contribution is 2.30. The summed E-state index contributed by atoms with van der Waals surface area (Å²) < 4.78 is 7.05. The molecule has 0 saturated carbocycles. The van der Waals surface area contributed by atoms with Gasteiger partial charge in [-0.25, -0.2) is 0 Å². The quantitative estimate of drug-likeness (QED) is 0.895. The standard InChI is InChI=1S/C15H21BrN2O2/c1-4-17-9-11-8-12(16)7-10(2)14(11)20-13-5-6-18(3)15(13)19/h7-8,13,17H,4-6,9H2,1-3H3. The topological polar surface area (TPSA) is 41.6 Å². The van der Waals surface area contributed by atoms with Crippen molar-refractivity contribution in [1.29, 1.82) is 0 Å². The number of hydrogen-bond donors (Lipinski definition) is 1. The number of hydrogen-bond acceptors (Lipinski definition) is 3. The Morgan fingerprint density at radius 3 is 2.85 bits per heavy atom. The van der Waals surface area contributed by atoms with E-state index >= 15 is 0 Å². The van der Waals surface area contributed by atoms with Crippen molar-refractivity contribution >= 4 is 21.8 Å². The van der Waals surface area contributed by atoms with Crippen LogP contribution in [0.4, 0.5) is 0 Å². The number of benzene rings is 1. The third-order valence-corrected chi connectivity index (χ3v) is 3.98. The van der Waals surface area contributed by atoms with Gasteiger partial charge in [-0.2, -0.15) is 0 Å². The fourth-order valence-electron chi connectivity index (χ4n) is 2.40. The Labute approximate surface area is 128 Å². The molecule has 0 spiro atoms. The second-order valence-corrected chi connectivity index (χ2v) is 6.06. The summed E-state index contributed by atoms with van der Waals surface area (Å²) in [6.07, 6.45) is 0.408. The van der Waals surface area contributed by atoms with Crippen LogP contribution in [0.25, 0.3) is 0 Å². The lowest BCUT2D eigenvalue weighted by Crippen LogP contribution is -2.30. The molecule has 1 aliphatic rings. The number of carbonyl (C=O) groups is 1. The largest absolute Gasteiger partial charge is 0.480 e. The van der Waals surface area contributed by atoms with Crippen molar-refractivity contribution in [3.63, 3.8) is 0 Å². The second-order valence-electron chi connectivity index (χ2n) is 5.15. The van der Waals surface area contributed by atoms with E-state index in [9.17, 15) is 4.79 Å². The first kappa shape index (κ1) is 15.3. The van der Waals surface area contributed by atoms with Gasteiger partial charge in [-0.15, -0.1) is 0 Å². The number of likely N-dealkylation sites (tertiary alicyclic amines) is 1. The second kappa shape index (κ2) is 6.59. The van der Waals surface area contributed by atoms with E-state index in [4.69, 9.17) is 4.74 Å². The highest BCUT2D eigenvalue weighted by molar-refractivity contribution is 9.10. The minimum Gasteiger partial charge on any atom is -0.480 e. The van der Waals surface area contributed by atoms with Gasteiger partial charge in [-0.3, -0.25) is 4.79 Å². The van der Waals surface area contributed by atoms with Gasteiger partial charge in [0.15, 0.2) is 6.10 Å². The molecule has 1 atom stereocenters. The molecule has 4 nitrogen and oxygen atoms in total. The summed E-state index contributed by atoms with van der Waals surface area (Å²) >= 11 is 3.51. The molecule has 1 aromatic rings. The first-order valence-corrected chi connectivity index (χ1v) is 7.73. The van der Waals surface area contributed by atoms with E-state index in [1.54, 1.807) is 4.90 Å².